The van der Waals surface area contributed by atoms with Gasteiger partial charge < -0.3 is 9.30 Å². The lowest BCUT2D eigenvalue weighted by atomic mass is 10.0. The normalized spacial score (nSPS) is 11.0. The van der Waals surface area contributed by atoms with E-state index in [2.05, 4.69) is 150 Å². The molecule has 0 bridgehead atoms. The second-order valence-electron chi connectivity index (χ2n) is 12.2. The maximum Gasteiger partial charge on any atom is 0.118 e. The molecule has 240 valence electrons. The smallest absolute Gasteiger partial charge is 0.118 e. The van der Waals surface area contributed by atoms with Gasteiger partial charge in [0.1, 0.15) is 5.75 Å². The third-order valence-corrected chi connectivity index (χ3v) is 9.00. The summed E-state index contributed by atoms with van der Waals surface area (Å²) >= 11 is 0. The van der Waals surface area contributed by atoms with Crippen LogP contribution in [0.5, 0.6) is 5.75 Å². The Bertz CT molecular complexity index is 2210. The standard InChI is InChI=1S/C46H35N3O/c1-50-40-26-22-33(23-27-40)32-49-43-30-38(47-45(34-14-6-2-7-15-34)35-16-8-3-9-17-35)24-28-41(43)42-29-25-39(31-44(42)49)48-46(36-18-10-4-11-19-36)37-20-12-5-13-21-37/h2-31H,32H2,1H3. The number of nitrogens with zero attached hydrogens (tertiary/aromatic N) is 3. The number of aromatic nitrogens is 1. The largest absolute Gasteiger partial charge is 0.497 e. The monoisotopic (exact) mass is 645 g/mol. The molecular formula is C46H35N3O. The van der Waals surface area contributed by atoms with Crippen LogP contribution in [0.4, 0.5) is 11.4 Å². The molecule has 0 N–H and O–H groups in total. The second-order valence-corrected chi connectivity index (χ2v) is 12.2. The zero-order valence-electron chi connectivity index (χ0n) is 27.8. The molecule has 0 aliphatic carbocycles. The van der Waals surface area contributed by atoms with Crippen molar-refractivity contribution in [1.82, 2.24) is 4.57 Å². The molecule has 0 unspecified atom stereocenters. The van der Waals surface area contributed by atoms with E-state index in [0.29, 0.717) is 6.54 Å². The molecule has 7 aromatic carbocycles. The van der Waals surface area contributed by atoms with Crippen LogP contribution in [0.15, 0.2) is 192 Å². The Morgan fingerprint density at radius 3 is 1.20 bits per heavy atom. The summed E-state index contributed by atoms with van der Waals surface area (Å²) in [6.45, 7) is 0.679. The summed E-state index contributed by atoms with van der Waals surface area (Å²) < 4.78 is 7.85. The van der Waals surface area contributed by atoms with Crippen molar-refractivity contribution < 1.29 is 4.74 Å². The second kappa shape index (κ2) is 13.9. The van der Waals surface area contributed by atoms with Gasteiger partial charge in [-0.05, 0) is 42.0 Å². The van der Waals surface area contributed by atoms with Gasteiger partial charge in [0.2, 0.25) is 0 Å². The first-order valence-electron chi connectivity index (χ1n) is 16.8. The zero-order valence-corrected chi connectivity index (χ0v) is 27.8. The highest BCUT2D eigenvalue weighted by molar-refractivity contribution is 6.16. The first-order chi connectivity index (χ1) is 24.7. The number of rotatable bonds is 9. The molecule has 4 nitrogen and oxygen atoms in total. The average Bonchev–Trinajstić information content (AvgIpc) is 3.49. The summed E-state index contributed by atoms with van der Waals surface area (Å²) in [5.74, 6) is 0.841. The highest BCUT2D eigenvalue weighted by atomic mass is 16.5. The fraction of sp³-hybridized carbons (Fsp3) is 0.0435. The van der Waals surface area contributed by atoms with Crippen LogP contribution in [0.2, 0.25) is 0 Å². The maximum atomic E-state index is 5.46. The van der Waals surface area contributed by atoms with Gasteiger partial charge in [-0.2, -0.15) is 0 Å². The summed E-state index contributed by atoms with van der Waals surface area (Å²) in [7, 11) is 1.70. The summed E-state index contributed by atoms with van der Waals surface area (Å²) in [5.41, 5.74) is 11.4. The Labute approximate surface area is 292 Å². The van der Waals surface area contributed by atoms with Crippen LogP contribution in [0.3, 0.4) is 0 Å². The molecule has 0 amide bonds. The first kappa shape index (κ1) is 30.8. The number of hydrogen-bond acceptors (Lipinski definition) is 3. The van der Waals surface area contributed by atoms with E-state index < -0.39 is 0 Å². The minimum atomic E-state index is 0.679. The van der Waals surface area contributed by atoms with Crippen molar-refractivity contribution in [3.8, 4) is 5.75 Å². The zero-order chi connectivity index (χ0) is 33.7. The molecule has 1 heterocycles. The van der Waals surface area contributed by atoms with Crippen molar-refractivity contribution in [3.63, 3.8) is 0 Å². The molecule has 50 heavy (non-hydrogen) atoms. The molecule has 0 fully saturated rings. The molecule has 0 aliphatic heterocycles. The van der Waals surface area contributed by atoms with E-state index in [0.717, 1.165) is 61.8 Å². The fourth-order valence-electron chi connectivity index (χ4n) is 6.53. The SMILES string of the molecule is COc1ccc(Cn2c3cc(N=C(c4ccccc4)c4ccccc4)ccc3c3ccc(N=C(c4ccccc4)c4ccccc4)cc32)cc1. The number of benzene rings is 7. The van der Waals surface area contributed by atoms with Gasteiger partial charge >= 0.3 is 0 Å². The maximum absolute atomic E-state index is 5.46. The van der Waals surface area contributed by atoms with Gasteiger partial charge in [0.25, 0.3) is 0 Å². The molecular weight excluding hydrogens is 611 g/mol. The number of hydrogen-bond donors (Lipinski definition) is 0. The molecule has 0 saturated carbocycles. The third kappa shape index (κ3) is 6.35. The fourth-order valence-corrected chi connectivity index (χ4v) is 6.53. The van der Waals surface area contributed by atoms with Crippen molar-refractivity contribution in [3.05, 3.63) is 210 Å². The van der Waals surface area contributed by atoms with Crippen LogP contribution in [-0.2, 0) is 6.54 Å². The molecule has 8 aromatic rings. The summed E-state index contributed by atoms with van der Waals surface area (Å²) in [5, 5.41) is 2.35. The Morgan fingerprint density at radius 2 is 0.840 bits per heavy atom. The Kier molecular flexibility index (Phi) is 8.57. The molecule has 0 radical (unpaired) electrons. The molecule has 0 spiro atoms. The van der Waals surface area contributed by atoms with Crippen molar-refractivity contribution in [2.24, 2.45) is 9.98 Å². The minimum absolute atomic E-state index is 0.679. The van der Waals surface area contributed by atoms with Crippen molar-refractivity contribution in [1.29, 1.82) is 0 Å². The number of aliphatic imine (C=N–C) groups is 2. The van der Waals surface area contributed by atoms with Crippen molar-refractivity contribution in [2.75, 3.05) is 7.11 Å². The van der Waals surface area contributed by atoms with Gasteiger partial charge in [0.05, 0.1) is 40.9 Å². The van der Waals surface area contributed by atoms with Gasteiger partial charge in [0.15, 0.2) is 0 Å². The Balaban J connectivity index is 1.31. The van der Waals surface area contributed by atoms with Gasteiger partial charge in [-0.15, -0.1) is 0 Å². The van der Waals surface area contributed by atoms with Gasteiger partial charge in [0, 0.05) is 39.6 Å². The van der Waals surface area contributed by atoms with Gasteiger partial charge in [-0.3, -0.25) is 0 Å². The predicted octanol–water partition coefficient (Wildman–Crippen LogP) is 11.2. The van der Waals surface area contributed by atoms with Crippen LogP contribution < -0.4 is 4.74 Å². The molecule has 8 rings (SSSR count). The lowest BCUT2D eigenvalue weighted by Gasteiger charge is -2.11. The van der Waals surface area contributed by atoms with E-state index in [1.165, 1.54) is 16.3 Å². The summed E-state index contributed by atoms with van der Waals surface area (Å²) in [6.07, 6.45) is 0. The van der Waals surface area contributed by atoms with Crippen LogP contribution in [0, 0.1) is 0 Å². The summed E-state index contributed by atoms with van der Waals surface area (Å²) in [6, 6.07) is 63.0. The predicted molar refractivity (Wildman–Crippen MR) is 208 cm³/mol. The lowest BCUT2D eigenvalue weighted by Crippen LogP contribution is -2.03. The van der Waals surface area contributed by atoms with E-state index >= 15 is 0 Å². The van der Waals surface area contributed by atoms with Crippen LogP contribution in [-0.4, -0.2) is 23.1 Å². The topological polar surface area (TPSA) is 38.9 Å². The quantitative estimate of drug-likeness (QED) is 0.144. The van der Waals surface area contributed by atoms with E-state index in [9.17, 15) is 0 Å². The van der Waals surface area contributed by atoms with Gasteiger partial charge in [-0.1, -0.05) is 146 Å². The van der Waals surface area contributed by atoms with E-state index in [1.54, 1.807) is 7.11 Å². The minimum Gasteiger partial charge on any atom is -0.497 e. The molecule has 0 atom stereocenters. The van der Waals surface area contributed by atoms with E-state index in [4.69, 9.17) is 14.7 Å². The third-order valence-electron chi connectivity index (χ3n) is 9.00. The van der Waals surface area contributed by atoms with Crippen LogP contribution in [0.25, 0.3) is 21.8 Å². The van der Waals surface area contributed by atoms with E-state index in [-0.39, 0.29) is 0 Å². The van der Waals surface area contributed by atoms with E-state index in [1.807, 2.05) is 36.4 Å². The highest BCUT2D eigenvalue weighted by Gasteiger charge is 2.15. The lowest BCUT2D eigenvalue weighted by molar-refractivity contribution is 0.414. The molecule has 4 heteroatoms. The summed E-state index contributed by atoms with van der Waals surface area (Å²) in [4.78, 5) is 10.6. The Hall–Kier alpha value is -6.52. The Morgan fingerprint density at radius 1 is 0.460 bits per heavy atom. The first-order valence-corrected chi connectivity index (χ1v) is 16.8. The van der Waals surface area contributed by atoms with Crippen LogP contribution >= 0.6 is 0 Å². The number of ether oxygens (including phenoxy) is 1. The molecule has 0 aliphatic rings. The van der Waals surface area contributed by atoms with Crippen molar-refractivity contribution >= 4 is 44.6 Å². The van der Waals surface area contributed by atoms with Crippen molar-refractivity contribution in [2.45, 2.75) is 6.54 Å². The molecule has 0 saturated heterocycles. The number of methoxy groups -OCH3 is 1. The van der Waals surface area contributed by atoms with Gasteiger partial charge in [-0.25, -0.2) is 9.98 Å². The average molecular weight is 646 g/mol. The molecule has 1 aromatic heterocycles. The van der Waals surface area contributed by atoms with Crippen LogP contribution in [0.1, 0.15) is 27.8 Å². The number of fused-ring (bicyclic) bond motifs is 3. The highest BCUT2D eigenvalue weighted by Crippen LogP contribution is 2.35.